The van der Waals surface area contributed by atoms with E-state index in [4.69, 9.17) is 4.74 Å². The Kier molecular flexibility index (Phi) is 5.66. The van der Waals surface area contributed by atoms with Gasteiger partial charge in [-0.2, -0.15) is 0 Å². The molecule has 1 aromatic carbocycles. The van der Waals surface area contributed by atoms with Gasteiger partial charge in [0, 0.05) is 18.8 Å². The van der Waals surface area contributed by atoms with Gasteiger partial charge in [-0.25, -0.2) is 18.0 Å². The van der Waals surface area contributed by atoms with E-state index in [1.807, 2.05) is 0 Å². The molecular weight excluding hydrogens is 336 g/mol. The Hall–Kier alpha value is -2.29. The smallest absolute Gasteiger partial charge is 0.434 e. The Bertz CT molecular complexity index is 701. The normalized spacial score (nSPS) is 18.7. The van der Waals surface area contributed by atoms with Crippen molar-refractivity contribution in [1.82, 2.24) is 4.90 Å². The van der Waals surface area contributed by atoms with Crippen LogP contribution in [0, 0.1) is 0 Å². The van der Waals surface area contributed by atoms with E-state index in [0.717, 1.165) is 0 Å². The molecule has 8 nitrogen and oxygen atoms in total. The summed E-state index contributed by atoms with van der Waals surface area (Å²) < 4.78 is 32.6. The van der Waals surface area contributed by atoms with Crippen LogP contribution in [0.5, 0.6) is 5.75 Å². The highest BCUT2D eigenvalue weighted by atomic mass is 32.2. The molecule has 0 spiro atoms. The summed E-state index contributed by atoms with van der Waals surface area (Å²) in [6.07, 6.45) is -0.352. The number of nitrogens with zero attached hydrogens (tertiary/aromatic N) is 1. The number of nitrogens with one attached hydrogen (secondary N) is 1. The topological polar surface area (TPSA) is 102 Å². The molecule has 132 valence electrons. The van der Waals surface area contributed by atoms with Crippen molar-refractivity contribution < 1.29 is 27.5 Å². The zero-order chi connectivity index (χ0) is 17.7. The van der Waals surface area contributed by atoms with Gasteiger partial charge < -0.3 is 19.7 Å². The molecule has 1 unspecified atom stereocenters. The Balaban J connectivity index is 1.91. The van der Waals surface area contributed by atoms with E-state index >= 15 is 0 Å². The lowest BCUT2D eigenvalue weighted by Crippen LogP contribution is -2.40. The highest BCUT2D eigenvalue weighted by Gasteiger charge is 2.32. The van der Waals surface area contributed by atoms with Crippen molar-refractivity contribution in [3.63, 3.8) is 0 Å². The molecule has 0 radical (unpaired) electrons. The third-order valence-electron chi connectivity index (χ3n) is 3.65. The van der Waals surface area contributed by atoms with Gasteiger partial charge in [0.25, 0.3) is 0 Å². The van der Waals surface area contributed by atoms with Crippen LogP contribution in [0.15, 0.2) is 24.3 Å². The van der Waals surface area contributed by atoms with Crippen LogP contribution in [0.4, 0.5) is 15.3 Å². The third kappa shape index (κ3) is 4.85. The summed E-state index contributed by atoms with van der Waals surface area (Å²) in [4.78, 5) is 24.8. The fourth-order valence-corrected chi connectivity index (χ4v) is 4.08. The Morgan fingerprint density at radius 3 is 2.50 bits per heavy atom. The van der Waals surface area contributed by atoms with Crippen LogP contribution in [0.2, 0.25) is 0 Å². The van der Waals surface area contributed by atoms with Crippen LogP contribution in [-0.4, -0.2) is 56.7 Å². The van der Waals surface area contributed by atoms with E-state index in [0.29, 0.717) is 17.9 Å². The molecule has 2 rings (SSSR count). The zero-order valence-electron chi connectivity index (χ0n) is 13.5. The average molecular weight is 356 g/mol. The third-order valence-corrected chi connectivity index (χ3v) is 5.40. The number of amides is 2. The quantitative estimate of drug-likeness (QED) is 0.653. The van der Waals surface area contributed by atoms with E-state index in [2.05, 4.69) is 10.1 Å². The number of anilines is 1. The molecule has 2 amide bonds. The van der Waals surface area contributed by atoms with E-state index in [1.54, 1.807) is 26.1 Å². The molecule has 0 aromatic heterocycles. The van der Waals surface area contributed by atoms with Gasteiger partial charge in [0.15, 0.2) is 9.84 Å². The number of sulfone groups is 1. The molecule has 0 saturated carbocycles. The fourth-order valence-electron chi connectivity index (χ4n) is 2.31. The summed E-state index contributed by atoms with van der Waals surface area (Å²) in [7, 11) is -1.48. The second kappa shape index (κ2) is 7.52. The lowest BCUT2D eigenvalue weighted by atomic mass is 10.2. The van der Waals surface area contributed by atoms with Gasteiger partial charge >= 0.3 is 12.2 Å². The van der Waals surface area contributed by atoms with Crippen molar-refractivity contribution in [3.05, 3.63) is 24.3 Å². The first-order valence-corrected chi connectivity index (χ1v) is 9.32. The molecule has 1 aliphatic rings. The van der Waals surface area contributed by atoms with Gasteiger partial charge in [0.2, 0.25) is 0 Å². The van der Waals surface area contributed by atoms with Crippen LogP contribution in [0.25, 0.3) is 0 Å². The van der Waals surface area contributed by atoms with E-state index in [9.17, 15) is 18.0 Å². The first-order chi connectivity index (χ1) is 11.3. The number of hydrogen-bond acceptors (Lipinski definition) is 6. The van der Waals surface area contributed by atoms with Crippen molar-refractivity contribution in [1.29, 1.82) is 0 Å². The zero-order valence-corrected chi connectivity index (χ0v) is 14.3. The molecule has 1 heterocycles. The second-order valence-electron chi connectivity index (χ2n) is 5.41. The summed E-state index contributed by atoms with van der Waals surface area (Å²) >= 11 is 0. The summed E-state index contributed by atoms with van der Waals surface area (Å²) in [5, 5.41) is 2.67. The number of carbonyl (C=O) groups excluding carboxylic acids is 2. The van der Waals surface area contributed by atoms with E-state index in [-0.39, 0.29) is 24.2 Å². The number of rotatable bonds is 4. The summed E-state index contributed by atoms with van der Waals surface area (Å²) in [6, 6.07) is 5.48. The molecule has 1 aromatic rings. The minimum absolute atomic E-state index is 0.0107. The fraction of sp³-hybridized carbons (Fsp3) is 0.467. The standard InChI is InChI=1S/C15H20N2O6S/c1-3-22-15(19)23-13-6-4-11(5-7-13)16-14(18)17(2)12-8-9-24(20,21)10-12/h4-7,12H,3,8-10H2,1-2H3,(H,16,18). The molecule has 1 saturated heterocycles. The van der Waals surface area contributed by atoms with Crippen LogP contribution < -0.4 is 10.1 Å². The first-order valence-electron chi connectivity index (χ1n) is 7.49. The van der Waals surface area contributed by atoms with Gasteiger partial charge in [-0.3, -0.25) is 0 Å². The lowest BCUT2D eigenvalue weighted by Gasteiger charge is -2.23. The number of carbonyl (C=O) groups is 2. The van der Waals surface area contributed by atoms with E-state index < -0.39 is 22.0 Å². The van der Waals surface area contributed by atoms with Crippen molar-refractivity contribution in [2.75, 3.05) is 30.5 Å². The summed E-state index contributed by atoms with van der Waals surface area (Å²) in [5.41, 5.74) is 0.504. The van der Waals surface area contributed by atoms with Crippen molar-refractivity contribution in [3.8, 4) is 5.75 Å². The highest BCUT2D eigenvalue weighted by Crippen LogP contribution is 2.19. The lowest BCUT2D eigenvalue weighted by molar-refractivity contribution is 0.104. The maximum atomic E-state index is 12.2. The number of ether oxygens (including phenoxy) is 2. The van der Waals surface area contributed by atoms with Crippen molar-refractivity contribution in [2.45, 2.75) is 19.4 Å². The molecule has 1 aliphatic heterocycles. The predicted octanol–water partition coefficient (Wildman–Crippen LogP) is 1.87. The molecule has 1 N–H and O–H groups in total. The Labute approximate surface area is 140 Å². The van der Waals surface area contributed by atoms with Crippen molar-refractivity contribution in [2.24, 2.45) is 0 Å². The van der Waals surface area contributed by atoms with Gasteiger partial charge in [-0.1, -0.05) is 0 Å². The van der Waals surface area contributed by atoms with Crippen LogP contribution in [0.3, 0.4) is 0 Å². The molecular formula is C15H20N2O6S. The van der Waals surface area contributed by atoms with Crippen LogP contribution >= 0.6 is 0 Å². The minimum Gasteiger partial charge on any atom is -0.434 e. The first kappa shape index (κ1) is 18.1. The predicted molar refractivity (Wildman–Crippen MR) is 87.9 cm³/mol. The van der Waals surface area contributed by atoms with Gasteiger partial charge in [0.05, 0.1) is 18.1 Å². The summed E-state index contributed by atoms with van der Waals surface area (Å²) in [6.45, 7) is 1.89. The summed E-state index contributed by atoms with van der Waals surface area (Å²) in [5.74, 6) is 0.389. The van der Waals surface area contributed by atoms with E-state index in [1.165, 1.54) is 17.0 Å². The van der Waals surface area contributed by atoms with Gasteiger partial charge in [-0.15, -0.1) is 0 Å². The maximum Gasteiger partial charge on any atom is 0.513 e. The Morgan fingerprint density at radius 2 is 1.96 bits per heavy atom. The molecule has 0 bridgehead atoms. The van der Waals surface area contributed by atoms with Gasteiger partial charge in [-0.05, 0) is 37.6 Å². The highest BCUT2D eigenvalue weighted by molar-refractivity contribution is 7.91. The monoisotopic (exact) mass is 356 g/mol. The molecule has 1 atom stereocenters. The maximum absolute atomic E-state index is 12.2. The SMILES string of the molecule is CCOC(=O)Oc1ccc(NC(=O)N(C)C2CCS(=O)(=O)C2)cc1. The van der Waals surface area contributed by atoms with Gasteiger partial charge in [0.1, 0.15) is 5.75 Å². The average Bonchev–Trinajstić information content (AvgIpc) is 2.88. The number of hydrogen-bond donors (Lipinski definition) is 1. The Morgan fingerprint density at radius 1 is 1.29 bits per heavy atom. The number of benzene rings is 1. The van der Waals surface area contributed by atoms with Crippen LogP contribution in [0.1, 0.15) is 13.3 Å². The largest absolute Gasteiger partial charge is 0.513 e. The second-order valence-corrected chi connectivity index (χ2v) is 7.64. The number of urea groups is 1. The molecule has 1 fully saturated rings. The molecule has 24 heavy (non-hydrogen) atoms. The minimum atomic E-state index is -3.05. The van der Waals surface area contributed by atoms with Crippen LogP contribution in [-0.2, 0) is 14.6 Å². The molecule has 9 heteroatoms. The van der Waals surface area contributed by atoms with Crippen molar-refractivity contribution >= 4 is 27.7 Å². The molecule has 0 aliphatic carbocycles.